The molecule has 2 amide bonds. The van der Waals surface area contributed by atoms with Gasteiger partial charge >= 0.3 is 0 Å². The van der Waals surface area contributed by atoms with Gasteiger partial charge in [-0.2, -0.15) is 0 Å². The molecule has 0 aliphatic carbocycles. The molecule has 21 heavy (non-hydrogen) atoms. The highest BCUT2D eigenvalue weighted by Gasteiger charge is 2.08. The van der Waals surface area contributed by atoms with E-state index >= 15 is 0 Å². The van der Waals surface area contributed by atoms with Crippen LogP contribution in [0.2, 0.25) is 5.02 Å². The molecule has 0 heterocycles. The van der Waals surface area contributed by atoms with Crippen molar-refractivity contribution in [3.05, 3.63) is 58.6 Å². The number of rotatable bonds is 3. The molecular formula is C16H15ClN2O2. The third-order valence-electron chi connectivity index (χ3n) is 2.88. The highest BCUT2D eigenvalue weighted by molar-refractivity contribution is 6.31. The van der Waals surface area contributed by atoms with Gasteiger partial charge in [-0.3, -0.25) is 9.59 Å². The van der Waals surface area contributed by atoms with Crippen molar-refractivity contribution in [2.75, 3.05) is 10.6 Å². The molecule has 2 N–H and O–H groups in total. The maximum Gasteiger partial charge on any atom is 0.255 e. The van der Waals surface area contributed by atoms with Crippen LogP contribution in [0.4, 0.5) is 11.4 Å². The molecule has 0 aliphatic rings. The first kappa shape index (κ1) is 15.1. The number of hydrogen-bond acceptors (Lipinski definition) is 2. The average Bonchev–Trinajstić information content (AvgIpc) is 2.41. The predicted molar refractivity (Wildman–Crippen MR) is 84.9 cm³/mol. The van der Waals surface area contributed by atoms with Crippen LogP contribution in [0.15, 0.2) is 42.5 Å². The molecule has 0 spiro atoms. The lowest BCUT2D eigenvalue weighted by Crippen LogP contribution is -2.13. The summed E-state index contributed by atoms with van der Waals surface area (Å²) in [6.45, 7) is 3.31. The van der Waals surface area contributed by atoms with Crippen LogP contribution < -0.4 is 10.6 Å². The summed E-state index contributed by atoms with van der Waals surface area (Å²) in [5.41, 5.74) is 2.74. The Kier molecular flexibility index (Phi) is 4.60. The predicted octanol–water partition coefficient (Wildman–Crippen LogP) is 3.86. The van der Waals surface area contributed by atoms with E-state index in [4.69, 9.17) is 11.6 Å². The van der Waals surface area contributed by atoms with Gasteiger partial charge in [0.1, 0.15) is 0 Å². The van der Waals surface area contributed by atoms with Crippen LogP contribution in [0.3, 0.4) is 0 Å². The Labute approximate surface area is 128 Å². The number of amides is 2. The molecule has 4 nitrogen and oxygen atoms in total. The van der Waals surface area contributed by atoms with Crippen LogP contribution in [0.5, 0.6) is 0 Å². The fourth-order valence-electron chi connectivity index (χ4n) is 1.91. The zero-order chi connectivity index (χ0) is 15.4. The van der Waals surface area contributed by atoms with E-state index in [2.05, 4.69) is 10.6 Å². The molecule has 0 unspecified atom stereocenters. The Hall–Kier alpha value is -2.33. The normalized spacial score (nSPS) is 10.0. The van der Waals surface area contributed by atoms with Gasteiger partial charge in [0.05, 0.1) is 0 Å². The van der Waals surface area contributed by atoms with E-state index in [1.54, 1.807) is 42.5 Å². The lowest BCUT2D eigenvalue weighted by Gasteiger charge is -2.10. The smallest absolute Gasteiger partial charge is 0.255 e. The van der Waals surface area contributed by atoms with Gasteiger partial charge in [-0.1, -0.05) is 17.7 Å². The van der Waals surface area contributed by atoms with Gasteiger partial charge in [0, 0.05) is 28.9 Å². The van der Waals surface area contributed by atoms with Crippen LogP contribution in [0, 0.1) is 6.92 Å². The number of hydrogen-bond donors (Lipinski definition) is 2. The molecule has 0 atom stereocenters. The van der Waals surface area contributed by atoms with E-state index in [1.165, 1.54) is 6.92 Å². The minimum Gasteiger partial charge on any atom is -0.326 e. The van der Waals surface area contributed by atoms with Gasteiger partial charge in [0.2, 0.25) is 5.91 Å². The minimum absolute atomic E-state index is 0.134. The monoisotopic (exact) mass is 302 g/mol. The van der Waals surface area contributed by atoms with Crippen molar-refractivity contribution in [1.82, 2.24) is 0 Å². The second kappa shape index (κ2) is 6.41. The lowest BCUT2D eigenvalue weighted by molar-refractivity contribution is -0.114. The van der Waals surface area contributed by atoms with Gasteiger partial charge < -0.3 is 10.6 Å². The molecule has 2 aromatic carbocycles. The molecule has 0 fully saturated rings. The summed E-state index contributed by atoms with van der Waals surface area (Å²) in [5.74, 6) is -0.363. The molecule has 2 aromatic rings. The minimum atomic E-state index is -0.229. The van der Waals surface area contributed by atoms with Crippen LogP contribution in [0.1, 0.15) is 22.8 Å². The first-order valence-corrected chi connectivity index (χ1v) is 6.78. The summed E-state index contributed by atoms with van der Waals surface area (Å²) >= 11 is 5.87. The van der Waals surface area contributed by atoms with E-state index < -0.39 is 0 Å². The maximum atomic E-state index is 12.1. The van der Waals surface area contributed by atoms with E-state index in [0.29, 0.717) is 22.0 Å². The number of halogens is 1. The van der Waals surface area contributed by atoms with Crippen molar-refractivity contribution in [2.24, 2.45) is 0 Å². The van der Waals surface area contributed by atoms with Gasteiger partial charge in [-0.05, 0) is 48.9 Å². The van der Waals surface area contributed by atoms with E-state index in [0.717, 1.165) is 5.56 Å². The maximum absolute atomic E-state index is 12.1. The fraction of sp³-hybridized carbons (Fsp3) is 0.125. The standard InChI is InChI=1S/C16H15ClN2O2/c1-10-8-14(18-11(2)20)6-7-15(10)19-16(21)12-4-3-5-13(17)9-12/h3-9H,1-2H3,(H,18,20)(H,19,21). The summed E-state index contributed by atoms with van der Waals surface area (Å²) in [5, 5.41) is 6.03. The first-order chi connectivity index (χ1) is 9.95. The van der Waals surface area contributed by atoms with Gasteiger partial charge in [0.25, 0.3) is 5.91 Å². The third-order valence-corrected chi connectivity index (χ3v) is 3.12. The summed E-state index contributed by atoms with van der Waals surface area (Å²) in [7, 11) is 0. The highest BCUT2D eigenvalue weighted by Crippen LogP contribution is 2.21. The SMILES string of the molecule is CC(=O)Nc1ccc(NC(=O)c2cccc(Cl)c2)c(C)c1. The Morgan fingerprint density at radius 3 is 2.43 bits per heavy atom. The zero-order valence-corrected chi connectivity index (χ0v) is 12.5. The quantitative estimate of drug-likeness (QED) is 0.904. The van der Waals surface area contributed by atoms with Crippen LogP contribution in [-0.2, 0) is 4.79 Å². The van der Waals surface area contributed by atoms with Crippen molar-refractivity contribution >= 4 is 34.8 Å². The lowest BCUT2D eigenvalue weighted by atomic mass is 10.1. The van der Waals surface area contributed by atoms with Crippen molar-refractivity contribution in [3.63, 3.8) is 0 Å². The second-order valence-corrected chi connectivity index (χ2v) is 5.11. The van der Waals surface area contributed by atoms with Crippen molar-refractivity contribution in [1.29, 1.82) is 0 Å². The van der Waals surface area contributed by atoms with Crippen LogP contribution in [-0.4, -0.2) is 11.8 Å². The van der Waals surface area contributed by atoms with E-state index in [9.17, 15) is 9.59 Å². The molecule has 0 bridgehead atoms. The molecule has 108 valence electrons. The molecule has 2 rings (SSSR count). The van der Waals surface area contributed by atoms with Crippen molar-refractivity contribution in [3.8, 4) is 0 Å². The number of aryl methyl sites for hydroxylation is 1. The van der Waals surface area contributed by atoms with Crippen molar-refractivity contribution < 1.29 is 9.59 Å². The highest BCUT2D eigenvalue weighted by atomic mass is 35.5. The van der Waals surface area contributed by atoms with Gasteiger partial charge in [-0.25, -0.2) is 0 Å². The van der Waals surface area contributed by atoms with Crippen molar-refractivity contribution in [2.45, 2.75) is 13.8 Å². The average molecular weight is 303 g/mol. The molecule has 0 saturated carbocycles. The Balaban J connectivity index is 2.16. The van der Waals surface area contributed by atoms with Gasteiger partial charge in [0.15, 0.2) is 0 Å². The summed E-state index contributed by atoms with van der Waals surface area (Å²) in [4.78, 5) is 23.2. The molecule has 0 saturated heterocycles. The summed E-state index contributed by atoms with van der Waals surface area (Å²) < 4.78 is 0. The number of nitrogens with one attached hydrogen (secondary N) is 2. The summed E-state index contributed by atoms with van der Waals surface area (Å²) in [6, 6.07) is 12.0. The molecule has 0 aromatic heterocycles. The zero-order valence-electron chi connectivity index (χ0n) is 11.7. The largest absolute Gasteiger partial charge is 0.326 e. The molecule has 0 aliphatic heterocycles. The Morgan fingerprint density at radius 2 is 1.81 bits per heavy atom. The first-order valence-electron chi connectivity index (χ1n) is 6.41. The molecule has 0 radical (unpaired) electrons. The molecule has 5 heteroatoms. The van der Waals surface area contributed by atoms with Crippen LogP contribution >= 0.6 is 11.6 Å². The molecular weight excluding hydrogens is 288 g/mol. The number of anilines is 2. The fourth-order valence-corrected chi connectivity index (χ4v) is 2.10. The Bertz CT molecular complexity index is 698. The number of carbonyl (C=O) groups is 2. The summed E-state index contributed by atoms with van der Waals surface area (Å²) in [6.07, 6.45) is 0. The number of carbonyl (C=O) groups excluding carboxylic acids is 2. The topological polar surface area (TPSA) is 58.2 Å². The third kappa shape index (κ3) is 4.07. The van der Waals surface area contributed by atoms with E-state index in [-0.39, 0.29) is 11.8 Å². The van der Waals surface area contributed by atoms with Gasteiger partial charge in [-0.15, -0.1) is 0 Å². The van der Waals surface area contributed by atoms with Crippen LogP contribution in [0.25, 0.3) is 0 Å². The van der Waals surface area contributed by atoms with E-state index in [1.807, 2.05) is 6.92 Å². The second-order valence-electron chi connectivity index (χ2n) is 4.68. The number of benzene rings is 2. The Morgan fingerprint density at radius 1 is 1.05 bits per heavy atom.